The van der Waals surface area contributed by atoms with Gasteiger partial charge in [-0.3, -0.25) is 0 Å². The lowest BCUT2D eigenvalue weighted by molar-refractivity contribution is 0.332. The van der Waals surface area contributed by atoms with Crippen LogP contribution in [0, 0.1) is 0 Å². The molecule has 0 bridgehead atoms. The fourth-order valence-electron chi connectivity index (χ4n) is 1.83. The molecule has 1 aromatic carbocycles. The summed E-state index contributed by atoms with van der Waals surface area (Å²) >= 11 is 1.67. The van der Waals surface area contributed by atoms with Gasteiger partial charge in [-0.25, -0.2) is 13.1 Å². The SMILES string of the molecule is CN(CCNS(=O)(=O)c1ccccc1)Cc1ccsc1. The van der Waals surface area contributed by atoms with Gasteiger partial charge in [0.25, 0.3) is 0 Å². The molecule has 0 radical (unpaired) electrons. The van der Waals surface area contributed by atoms with Crippen LogP contribution < -0.4 is 4.72 Å². The zero-order valence-electron chi connectivity index (χ0n) is 11.3. The molecule has 0 aliphatic carbocycles. The van der Waals surface area contributed by atoms with E-state index in [1.807, 2.05) is 12.4 Å². The number of hydrogen-bond acceptors (Lipinski definition) is 4. The minimum Gasteiger partial charge on any atom is -0.301 e. The summed E-state index contributed by atoms with van der Waals surface area (Å²) in [7, 11) is -1.41. The monoisotopic (exact) mass is 310 g/mol. The molecule has 0 fully saturated rings. The molecule has 0 saturated carbocycles. The van der Waals surface area contributed by atoms with Crippen molar-refractivity contribution in [2.45, 2.75) is 11.4 Å². The number of benzene rings is 1. The smallest absolute Gasteiger partial charge is 0.240 e. The van der Waals surface area contributed by atoms with Gasteiger partial charge in [0.1, 0.15) is 0 Å². The van der Waals surface area contributed by atoms with Crippen LogP contribution in [0.2, 0.25) is 0 Å². The topological polar surface area (TPSA) is 49.4 Å². The Bertz CT molecular complexity index is 610. The molecule has 20 heavy (non-hydrogen) atoms. The highest BCUT2D eigenvalue weighted by atomic mass is 32.2. The van der Waals surface area contributed by atoms with Crippen LogP contribution in [0.15, 0.2) is 52.1 Å². The third-order valence-corrected chi connectivity index (χ3v) is 5.08. The molecule has 1 N–H and O–H groups in total. The number of sulfonamides is 1. The molecule has 2 rings (SSSR count). The number of nitrogens with one attached hydrogen (secondary N) is 1. The van der Waals surface area contributed by atoms with Crippen molar-refractivity contribution in [2.24, 2.45) is 0 Å². The fourth-order valence-corrected chi connectivity index (χ4v) is 3.53. The molecular weight excluding hydrogens is 292 g/mol. The molecule has 6 heteroatoms. The van der Waals surface area contributed by atoms with Gasteiger partial charge < -0.3 is 4.90 Å². The van der Waals surface area contributed by atoms with E-state index in [0.717, 1.165) is 6.54 Å². The first-order valence-electron chi connectivity index (χ1n) is 6.32. The van der Waals surface area contributed by atoms with Crippen LogP contribution in [0.4, 0.5) is 0 Å². The number of likely N-dealkylation sites (N-methyl/N-ethyl adjacent to an activating group) is 1. The van der Waals surface area contributed by atoms with Crippen molar-refractivity contribution in [1.29, 1.82) is 0 Å². The number of rotatable bonds is 7. The number of thiophene rings is 1. The van der Waals surface area contributed by atoms with Crippen LogP contribution in [0.25, 0.3) is 0 Å². The second-order valence-electron chi connectivity index (χ2n) is 4.58. The second kappa shape index (κ2) is 6.99. The Labute approximate surface area is 124 Å². The summed E-state index contributed by atoms with van der Waals surface area (Å²) in [5.74, 6) is 0. The van der Waals surface area contributed by atoms with Crippen molar-refractivity contribution >= 4 is 21.4 Å². The lowest BCUT2D eigenvalue weighted by atomic mass is 10.3. The molecule has 0 unspecified atom stereocenters. The van der Waals surface area contributed by atoms with Gasteiger partial charge >= 0.3 is 0 Å². The molecule has 4 nitrogen and oxygen atoms in total. The largest absolute Gasteiger partial charge is 0.301 e. The van der Waals surface area contributed by atoms with Crippen molar-refractivity contribution in [3.63, 3.8) is 0 Å². The predicted molar refractivity (Wildman–Crippen MR) is 82.3 cm³/mol. The third kappa shape index (κ3) is 4.42. The Kier molecular flexibility index (Phi) is 5.31. The minimum absolute atomic E-state index is 0.306. The molecule has 0 amide bonds. The first kappa shape index (κ1) is 15.2. The van der Waals surface area contributed by atoms with Gasteiger partial charge in [0.05, 0.1) is 4.90 Å². The first-order valence-corrected chi connectivity index (χ1v) is 8.75. The summed E-state index contributed by atoms with van der Waals surface area (Å²) in [6, 6.07) is 10.5. The Morgan fingerprint density at radius 1 is 1.20 bits per heavy atom. The van der Waals surface area contributed by atoms with Gasteiger partial charge in [-0.15, -0.1) is 0 Å². The summed E-state index contributed by atoms with van der Waals surface area (Å²) in [5, 5.41) is 4.14. The Morgan fingerprint density at radius 2 is 1.95 bits per heavy atom. The molecule has 0 saturated heterocycles. The summed E-state index contributed by atoms with van der Waals surface area (Å²) < 4.78 is 26.6. The lowest BCUT2D eigenvalue weighted by Gasteiger charge is -2.16. The van der Waals surface area contributed by atoms with Crippen LogP contribution in [0.3, 0.4) is 0 Å². The van der Waals surface area contributed by atoms with Crippen molar-refractivity contribution < 1.29 is 8.42 Å². The molecule has 1 heterocycles. The van der Waals surface area contributed by atoms with E-state index in [0.29, 0.717) is 18.0 Å². The highest BCUT2D eigenvalue weighted by Crippen LogP contribution is 2.09. The van der Waals surface area contributed by atoms with Crippen LogP contribution in [0.1, 0.15) is 5.56 Å². The maximum atomic E-state index is 12.0. The minimum atomic E-state index is -3.39. The van der Waals surface area contributed by atoms with Crippen molar-refractivity contribution in [1.82, 2.24) is 9.62 Å². The second-order valence-corrected chi connectivity index (χ2v) is 7.13. The molecule has 1 aromatic heterocycles. The molecule has 0 aliphatic heterocycles. The van der Waals surface area contributed by atoms with Crippen LogP contribution in [-0.2, 0) is 16.6 Å². The van der Waals surface area contributed by atoms with E-state index in [4.69, 9.17) is 0 Å². The first-order chi connectivity index (χ1) is 9.58. The van der Waals surface area contributed by atoms with Gasteiger partial charge in [-0.05, 0) is 41.6 Å². The molecule has 0 aliphatic rings. The van der Waals surface area contributed by atoms with Gasteiger partial charge in [-0.2, -0.15) is 11.3 Å². The van der Waals surface area contributed by atoms with E-state index >= 15 is 0 Å². The normalized spacial score (nSPS) is 11.9. The average Bonchev–Trinajstić information content (AvgIpc) is 2.92. The highest BCUT2D eigenvalue weighted by Gasteiger charge is 2.12. The van der Waals surface area contributed by atoms with Gasteiger partial charge in [-0.1, -0.05) is 18.2 Å². The zero-order chi connectivity index (χ0) is 14.4. The van der Waals surface area contributed by atoms with E-state index in [1.54, 1.807) is 41.7 Å². The molecule has 0 spiro atoms. The van der Waals surface area contributed by atoms with Gasteiger partial charge in [0.15, 0.2) is 0 Å². The standard InChI is InChI=1S/C14H18N2O2S2/c1-16(11-13-7-10-19-12-13)9-8-15-20(17,18)14-5-3-2-4-6-14/h2-7,10,12,15H,8-9,11H2,1H3. The third-order valence-electron chi connectivity index (χ3n) is 2.87. The van der Waals surface area contributed by atoms with Crippen molar-refractivity contribution in [3.8, 4) is 0 Å². The van der Waals surface area contributed by atoms with Crippen LogP contribution in [-0.4, -0.2) is 33.5 Å². The zero-order valence-corrected chi connectivity index (χ0v) is 13.0. The molecule has 108 valence electrons. The Balaban J connectivity index is 1.81. The summed E-state index contributed by atoms with van der Waals surface area (Å²) in [5.41, 5.74) is 1.25. The maximum Gasteiger partial charge on any atom is 0.240 e. The van der Waals surface area contributed by atoms with Crippen LogP contribution in [0.5, 0.6) is 0 Å². The maximum absolute atomic E-state index is 12.0. The summed E-state index contributed by atoms with van der Waals surface area (Å²) in [6.45, 7) is 1.90. The van der Waals surface area contributed by atoms with Gasteiger partial charge in [0, 0.05) is 19.6 Å². The quantitative estimate of drug-likeness (QED) is 0.852. The van der Waals surface area contributed by atoms with E-state index < -0.39 is 10.0 Å². The predicted octanol–water partition coefficient (Wildman–Crippen LogP) is 2.16. The van der Waals surface area contributed by atoms with Crippen LogP contribution >= 0.6 is 11.3 Å². The summed E-state index contributed by atoms with van der Waals surface area (Å²) in [4.78, 5) is 2.40. The van der Waals surface area contributed by atoms with E-state index in [2.05, 4.69) is 21.1 Å². The van der Waals surface area contributed by atoms with Gasteiger partial charge in [0.2, 0.25) is 10.0 Å². The van der Waals surface area contributed by atoms with Crippen molar-refractivity contribution in [2.75, 3.05) is 20.1 Å². The Morgan fingerprint density at radius 3 is 2.60 bits per heavy atom. The fraction of sp³-hybridized carbons (Fsp3) is 0.286. The number of hydrogen-bond donors (Lipinski definition) is 1. The van der Waals surface area contributed by atoms with Crippen molar-refractivity contribution in [3.05, 3.63) is 52.7 Å². The van der Waals surface area contributed by atoms with E-state index in [-0.39, 0.29) is 0 Å². The highest BCUT2D eigenvalue weighted by molar-refractivity contribution is 7.89. The Hall–Kier alpha value is -1.21. The average molecular weight is 310 g/mol. The van der Waals surface area contributed by atoms with E-state index in [1.165, 1.54) is 5.56 Å². The summed E-state index contributed by atoms with van der Waals surface area (Å²) in [6.07, 6.45) is 0. The molecular formula is C14H18N2O2S2. The molecule has 0 atom stereocenters. The van der Waals surface area contributed by atoms with E-state index in [9.17, 15) is 8.42 Å². The lowest BCUT2D eigenvalue weighted by Crippen LogP contribution is -2.32. The molecule has 2 aromatic rings. The number of nitrogens with zero attached hydrogens (tertiary/aromatic N) is 1.